The van der Waals surface area contributed by atoms with Crippen LogP contribution >= 0.6 is 0 Å². The summed E-state index contributed by atoms with van der Waals surface area (Å²) in [6.07, 6.45) is 0.794. The summed E-state index contributed by atoms with van der Waals surface area (Å²) in [4.78, 5) is 33.4. The molecule has 0 radical (unpaired) electrons. The van der Waals surface area contributed by atoms with Gasteiger partial charge >= 0.3 is 5.97 Å². The molecule has 0 saturated carbocycles. The topological polar surface area (TPSA) is 91.7 Å². The first-order valence-corrected chi connectivity index (χ1v) is 6.90. The first-order chi connectivity index (χ1) is 10.4. The van der Waals surface area contributed by atoms with Crippen LogP contribution in [0, 0.1) is 0 Å². The highest BCUT2D eigenvalue weighted by molar-refractivity contribution is 6.03. The normalized spacial score (nSPS) is 12.0. The van der Waals surface area contributed by atoms with Crippen LogP contribution in [0.15, 0.2) is 30.3 Å². The summed E-state index contributed by atoms with van der Waals surface area (Å²) in [5.74, 6) is -2.04. The summed E-state index contributed by atoms with van der Waals surface area (Å²) in [5, 5.41) is 20.4. The van der Waals surface area contributed by atoms with Gasteiger partial charge in [0.15, 0.2) is 5.78 Å². The zero-order valence-corrected chi connectivity index (χ0v) is 12.1. The number of ketones is 1. The first kappa shape index (κ1) is 15.7. The van der Waals surface area contributed by atoms with E-state index >= 15 is 0 Å². The van der Waals surface area contributed by atoms with Gasteiger partial charge in [0.2, 0.25) is 0 Å². The SMILES string of the molecule is C[C@@H](C(=O)O)c1ccc2cc(O)c(C(=O)CCC=O)cc2c1. The number of carboxylic acids is 1. The molecule has 0 aliphatic rings. The van der Waals surface area contributed by atoms with Crippen molar-refractivity contribution in [3.8, 4) is 5.75 Å². The Hall–Kier alpha value is -2.69. The van der Waals surface area contributed by atoms with E-state index in [2.05, 4.69) is 0 Å². The van der Waals surface area contributed by atoms with Crippen molar-refractivity contribution >= 4 is 28.8 Å². The molecule has 0 spiro atoms. The number of carbonyl (C=O) groups is 3. The van der Waals surface area contributed by atoms with Gasteiger partial charge in [-0.3, -0.25) is 9.59 Å². The van der Waals surface area contributed by atoms with Crippen molar-refractivity contribution < 1.29 is 24.6 Å². The molecular formula is C17H16O5. The van der Waals surface area contributed by atoms with E-state index in [1.165, 1.54) is 12.1 Å². The maximum absolute atomic E-state index is 12.0. The van der Waals surface area contributed by atoms with Gasteiger partial charge in [-0.1, -0.05) is 18.2 Å². The molecule has 2 N–H and O–H groups in total. The number of Topliss-reactive ketones (excluding diaryl/α,β-unsaturated/α-hetero) is 1. The van der Waals surface area contributed by atoms with E-state index in [0.717, 1.165) is 0 Å². The lowest BCUT2D eigenvalue weighted by molar-refractivity contribution is -0.138. The Kier molecular flexibility index (Phi) is 4.56. The summed E-state index contributed by atoms with van der Waals surface area (Å²) >= 11 is 0. The van der Waals surface area contributed by atoms with E-state index in [-0.39, 0.29) is 29.9 Å². The molecule has 1 atom stereocenters. The van der Waals surface area contributed by atoms with Crippen LogP contribution in [-0.4, -0.2) is 28.3 Å². The number of hydrogen-bond donors (Lipinski definition) is 2. The standard InChI is InChI=1S/C17H16O5/c1-10(17(21)22)11-4-5-12-9-16(20)14(8-13(12)7-11)15(19)3-2-6-18/h4-10,20H,2-3H2,1H3,(H,21,22)/t10-/m1/s1. The van der Waals surface area contributed by atoms with Gasteiger partial charge < -0.3 is 15.0 Å². The van der Waals surface area contributed by atoms with Gasteiger partial charge in [-0.2, -0.15) is 0 Å². The van der Waals surface area contributed by atoms with Crippen LogP contribution in [0.3, 0.4) is 0 Å². The van der Waals surface area contributed by atoms with Crippen LogP contribution in [0.5, 0.6) is 5.75 Å². The van der Waals surface area contributed by atoms with Crippen LogP contribution in [0.2, 0.25) is 0 Å². The number of benzene rings is 2. The smallest absolute Gasteiger partial charge is 0.310 e. The Morgan fingerprint density at radius 1 is 1.18 bits per heavy atom. The van der Waals surface area contributed by atoms with Gasteiger partial charge in [-0.15, -0.1) is 0 Å². The molecule has 0 amide bonds. The highest BCUT2D eigenvalue weighted by Crippen LogP contribution is 2.29. The molecule has 2 aromatic carbocycles. The quantitative estimate of drug-likeness (QED) is 0.632. The van der Waals surface area contributed by atoms with Gasteiger partial charge in [0.1, 0.15) is 12.0 Å². The summed E-state index contributed by atoms with van der Waals surface area (Å²) < 4.78 is 0. The van der Waals surface area contributed by atoms with E-state index in [1.54, 1.807) is 25.1 Å². The van der Waals surface area contributed by atoms with Crippen molar-refractivity contribution in [2.75, 3.05) is 0 Å². The Balaban J connectivity index is 2.47. The predicted octanol–water partition coefficient (Wildman–Crippen LogP) is 2.90. The molecule has 0 aromatic heterocycles. The van der Waals surface area contributed by atoms with E-state index in [0.29, 0.717) is 22.6 Å². The van der Waals surface area contributed by atoms with Gasteiger partial charge in [0.25, 0.3) is 0 Å². The lowest BCUT2D eigenvalue weighted by atomic mass is 9.95. The van der Waals surface area contributed by atoms with Crippen molar-refractivity contribution in [3.63, 3.8) is 0 Å². The number of rotatable bonds is 6. The van der Waals surface area contributed by atoms with Crippen LogP contribution in [-0.2, 0) is 9.59 Å². The van der Waals surface area contributed by atoms with Crippen LogP contribution in [0.4, 0.5) is 0 Å². The average Bonchev–Trinajstić information content (AvgIpc) is 2.50. The van der Waals surface area contributed by atoms with Crippen molar-refractivity contribution in [1.82, 2.24) is 0 Å². The summed E-state index contributed by atoms with van der Waals surface area (Å²) in [6, 6.07) is 8.11. The second-order valence-corrected chi connectivity index (χ2v) is 5.16. The lowest BCUT2D eigenvalue weighted by Crippen LogP contribution is -2.07. The maximum atomic E-state index is 12.0. The summed E-state index contributed by atoms with van der Waals surface area (Å²) in [5.41, 5.74) is 0.770. The molecule has 0 fully saturated rings. The largest absolute Gasteiger partial charge is 0.507 e. The summed E-state index contributed by atoms with van der Waals surface area (Å²) in [7, 11) is 0. The molecule has 0 unspecified atom stereocenters. The second-order valence-electron chi connectivity index (χ2n) is 5.16. The molecule has 5 nitrogen and oxygen atoms in total. The van der Waals surface area contributed by atoms with Crippen LogP contribution in [0.25, 0.3) is 10.8 Å². The molecular weight excluding hydrogens is 284 g/mol. The second kappa shape index (κ2) is 6.39. The minimum Gasteiger partial charge on any atom is -0.507 e. The van der Waals surface area contributed by atoms with Gasteiger partial charge in [-0.25, -0.2) is 0 Å². The third-order valence-electron chi connectivity index (χ3n) is 3.64. The van der Waals surface area contributed by atoms with Crippen LogP contribution < -0.4 is 0 Å². The molecule has 0 aliphatic heterocycles. The molecule has 22 heavy (non-hydrogen) atoms. The third-order valence-corrected chi connectivity index (χ3v) is 3.64. The maximum Gasteiger partial charge on any atom is 0.310 e. The number of hydrogen-bond acceptors (Lipinski definition) is 4. The Morgan fingerprint density at radius 2 is 1.91 bits per heavy atom. The molecule has 2 rings (SSSR count). The highest BCUT2D eigenvalue weighted by atomic mass is 16.4. The predicted molar refractivity (Wildman–Crippen MR) is 81.3 cm³/mol. The average molecular weight is 300 g/mol. The van der Waals surface area contributed by atoms with Crippen molar-refractivity contribution in [1.29, 1.82) is 0 Å². The number of phenols is 1. The van der Waals surface area contributed by atoms with E-state index in [1.807, 2.05) is 0 Å². The molecule has 0 heterocycles. The Labute approximate surface area is 127 Å². The van der Waals surface area contributed by atoms with E-state index < -0.39 is 11.9 Å². The zero-order chi connectivity index (χ0) is 16.3. The fraction of sp³-hybridized carbons (Fsp3) is 0.235. The van der Waals surface area contributed by atoms with E-state index in [4.69, 9.17) is 5.11 Å². The minimum absolute atomic E-state index is 0.0355. The zero-order valence-electron chi connectivity index (χ0n) is 12.1. The minimum atomic E-state index is -0.930. The monoisotopic (exact) mass is 300 g/mol. The number of aromatic hydroxyl groups is 1. The molecule has 2 aromatic rings. The number of fused-ring (bicyclic) bond motifs is 1. The fourth-order valence-electron chi connectivity index (χ4n) is 2.26. The molecule has 0 aliphatic carbocycles. The molecule has 114 valence electrons. The Bertz CT molecular complexity index is 748. The number of carboxylic acid groups (broad SMARTS) is 1. The third kappa shape index (κ3) is 3.14. The fourth-order valence-corrected chi connectivity index (χ4v) is 2.26. The van der Waals surface area contributed by atoms with Gasteiger partial charge in [0, 0.05) is 12.8 Å². The molecule has 0 saturated heterocycles. The number of aldehydes is 1. The highest BCUT2D eigenvalue weighted by Gasteiger charge is 2.16. The van der Waals surface area contributed by atoms with Crippen LogP contribution in [0.1, 0.15) is 41.6 Å². The van der Waals surface area contributed by atoms with E-state index in [9.17, 15) is 19.5 Å². The molecule has 0 bridgehead atoms. The van der Waals surface area contributed by atoms with Crippen molar-refractivity contribution in [2.45, 2.75) is 25.7 Å². The number of phenolic OH excluding ortho intramolecular Hbond substituents is 1. The van der Waals surface area contributed by atoms with Crippen molar-refractivity contribution in [3.05, 3.63) is 41.5 Å². The number of carbonyl (C=O) groups excluding carboxylic acids is 2. The van der Waals surface area contributed by atoms with Gasteiger partial charge in [0.05, 0.1) is 11.5 Å². The Morgan fingerprint density at radius 3 is 2.55 bits per heavy atom. The number of aliphatic carboxylic acids is 1. The van der Waals surface area contributed by atoms with Crippen molar-refractivity contribution in [2.24, 2.45) is 0 Å². The first-order valence-electron chi connectivity index (χ1n) is 6.90. The summed E-state index contributed by atoms with van der Waals surface area (Å²) in [6.45, 7) is 1.58. The molecule has 5 heteroatoms. The van der Waals surface area contributed by atoms with Gasteiger partial charge in [-0.05, 0) is 35.4 Å². The lowest BCUT2D eigenvalue weighted by Gasteiger charge is -2.10.